The summed E-state index contributed by atoms with van der Waals surface area (Å²) < 4.78 is 28.5. The number of furan rings is 1. The van der Waals surface area contributed by atoms with Crippen molar-refractivity contribution in [2.45, 2.75) is 11.2 Å². The van der Waals surface area contributed by atoms with Crippen molar-refractivity contribution in [1.29, 1.82) is 0 Å². The molecule has 0 aliphatic heterocycles. The third kappa shape index (κ3) is 4.02. The molecule has 0 saturated heterocycles. The molecule has 0 aliphatic carbocycles. The molecule has 0 saturated carbocycles. The predicted octanol–water partition coefficient (Wildman–Crippen LogP) is 3.22. The molecule has 120 valence electrons. The molecule has 0 amide bonds. The van der Waals surface area contributed by atoms with Crippen LogP contribution in [0.1, 0.15) is 17.0 Å². The SMILES string of the molecule is O=S([O-])NCCC(Br)c1oc(-c2ccc(Cl)cc2)c(O)c1O. The Bertz CT molecular complexity index is 676. The van der Waals surface area contributed by atoms with Gasteiger partial charge in [-0.15, -0.1) is 0 Å². The van der Waals surface area contributed by atoms with Crippen molar-refractivity contribution in [3.05, 3.63) is 35.0 Å². The first kappa shape index (κ1) is 17.3. The summed E-state index contributed by atoms with van der Waals surface area (Å²) in [6.45, 7) is 0.156. The first-order valence-corrected chi connectivity index (χ1v) is 8.54. The maximum atomic E-state index is 10.4. The normalized spacial score (nSPS) is 14.0. The van der Waals surface area contributed by atoms with Crippen LogP contribution < -0.4 is 4.72 Å². The van der Waals surface area contributed by atoms with E-state index >= 15 is 0 Å². The van der Waals surface area contributed by atoms with Crippen LogP contribution in [0, 0.1) is 0 Å². The largest absolute Gasteiger partial charge is 0.760 e. The Morgan fingerprint density at radius 3 is 2.55 bits per heavy atom. The molecule has 2 unspecified atom stereocenters. The van der Waals surface area contributed by atoms with Crippen molar-refractivity contribution < 1.29 is 23.4 Å². The van der Waals surface area contributed by atoms with Crippen molar-refractivity contribution in [2.75, 3.05) is 6.54 Å². The molecule has 0 spiro atoms. The highest BCUT2D eigenvalue weighted by Crippen LogP contribution is 2.47. The molecular weight excluding hydrogens is 398 g/mol. The average molecular weight is 410 g/mol. The van der Waals surface area contributed by atoms with Crippen LogP contribution in [-0.2, 0) is 11.3 Å². The standard InChI is InChI=1S/C13H13BrClNO5S/c14-9(5-6-16-22(19)20)13-11(18)10(17)12(21-13)7-1-3-8(15)4-2-7/h1-4,9,16-18H,5-6H2,(H,19,20)/p-1. The lowest BCUT2D eigenvalue weighted by Crippen LogP contribution is -2.18. The fourth-order valence-corrected chi connectivity index (χ4v) is 2.79. The lowest BCUT2D eigenvalue weighted by molar-refractivity contribution is 0.401. The number of aromatic hydroxyl groups is 2. The molecule has 6 nitrogen and oxygen atoms in total. The molecule has 22 heavy (non-hydrogen) atoms. The third-order valence-electron chi connectivity index (χ3n) is 2.89. The molecule has 0 fully saturated rings. The molecule has 9 heteroatoms. The van der Waals surface area contributed by atoms with Crippen LogP contribution in [0.15, 0.2) is 28.7 Å². The summed E-state index contributed by atoms with van der Waals surface area (Å²) in [5.41, 5.74) is 0.557. The summed E-state index contributed by atoms with van der Waals surface area (Å²) >= 11 is 6.74. The average Bonchev–Trinajstić information content (AvgIpc) is 2.76. The number of rotatable bonds is 6. The number of benzene rings is 1. The van der Waals surface area contributed by atoms with E-state index in [4.69, 9.17) is 16.0 Å². The van der Waals surface area contributed by atoms with E-state index < -0.39 is 16.1 Å². The highest BCUT2D eigenvalue weighted by molar-refractivity contribution is 9.09. The predicted molar refractivity (Wildman–Crippen MR) is 85.7 cm³/mol. The van der Waals surface area contributed by atoms with Gasteiger partial charge in [0.2, 0.25) is 11.5 Å². The van der Waals surface area contributed by atoms with Gasteiger partial charge in [-0.25, -0.2) is 4.72 Å². The molecular formula is C13H12BrClNO5S-. The first-order valence-electron chi connectivity index (χ1n) is 6.17. The van der Waals surface area contributed by atoms with Gasteiger partial charge in [0.15, 0.2) is 11.5 Å². The Morgan fingerprint density at radius 1 is 1.32 bits per heavy atom. The maximum Gasteiger partial charge on any atom is 0.205 e. The van der Waals surface area contributed by atoms with Gasteiger partial charge in [0.25, 0.3) is 0 Å². The van der Waals surface area contributed by atoms with E-state index in [1.54, 1.807) is 24.3 Å². The van der Waals surface area contributed by atoms with Crippen molar-refractivity contribution in [3.8, 4) is 22.8 Å². The quantitative estimate of drug-likeness (QED) is 0.502. The lowest BCUT2D eigenvalue weighted by Gasteiger charge is -2.10. The van der Waals surface area contributed by atoms with Gasteiger partial charge in [0.05, 0.1) is 4.83 Å². The highest BCUT2D eigenvalue weighted by atomic mass is 79.9. The lowest BCUT2D eigenvalue weighted by atomic mass is 10.1. The molecule has 3 N–H and O–H groups in total. The molecule has 0 bridgehead atoms. The van der Waals surface area contributed by atoms with Crippen molar-refractivity contribution >= 4 is 38.8 Å². The van der Waals surface area contributed by atoms with Crippen LogP contribution in [0.2, 0.25) is 5.02 Å². The van der Waals surface area contributed by atoms with E-state index in [9.17, 15) is 19.0 Å². The second-order valence-corrected chi connectivity index (χ2v) is 6.68. The molecule has 0 aliphatic rings. The minimum absolute atomic E-state index is 0.119. The topological polar surface area (TPSA) is 106 Å². The van der Waals surface area contributed by atoms with E-state index in [0.717, 1.165) is 0 Å². The highest BCUT2D eigenvalue weighted by Gasteiger charge is 2.25. The Morgan fingerprint density at radius 2 is 1.95 bits per heavy atom. The van der Waals surface area contributed by atoms with E-state index in [1.165, 1.54) is 0 Å². The zero-order valence-electron chi connectivity index (χ0n) is 11.1. The van der Waals surface area contributed by atoms with Crippen molar-refractivity contribution in [3.63, 3.8) is 0 Å². The molecule has 1 aromatic heterocycles. The zero-order chi connectivity index (χ0) is 16.3. The second kappa shape index (κ2) is 7.47. The number of hydrogen-bond acceptors (Lipinski definition) is 5. The molecule has 1 aromatic carbocycles. The molecule has 2 rings (SSSR count). The Balaban J connectivity index is 2.22. The minimum Gasteiger partial charge on any atom is -0.760 e. The van der Waals surface area contributed by atoms with Crippen LogP contribution in [0.25, 0.3) is 11.3 Å². The molecule has 2 atom stereocenters. The van der Waals surface area contributed by atoms with Gasteiger partial charge in [0.1, 0.15) is 0 Å². The Labute approximate surface area is 142 Å². The Hall–Kier alpha value is -1.06. The summed E-state index contributed by atoms with van der Waals surface area (Å²) in [7, 11) is 0. The molecule has 0 radical (unpaired) electrons. The number of nitrogens with one attached hydrogen (secondary N) is 1. The van der Waals surface area contributed by atoms with Crippen molar-refractivity contribution in [1.82, 2.24) is 4.72 Å². The van der Waals surface area contributed by atoms with Gasteiger partial charge in [-0.05, 0) is 30.7 Å². The molecule has 1 heterocycles. The van der Waals surface area contributed by atoms with Gasteiger partial charge >= 0.3 is 0 Å². The number of halogens is 2. The summed E-state index contributed by atoms with van der Waals surface area (Å²) in [6.07, 6.45) is 0.328. The number of alkyl halides is 1. The van der Waals surface area contributed by atoms with E-state index in [1.807, 2.05) is 0 Å². The van der Waals surface area contributed by atoms with E-state index in [0.29, 0.717) is 17.0 Å². The fraction of sp³-hybridized carbons (Fsp3) is 0.231. The summed E-state index contributed by atoms with van der Waals surface area (Å²) in [5.74, 6) is -0.507. The smallest absolute Gasteiger partial charge is 0.205 e. The summed E-state index contributed by atoms with van der Waals surface area (Å²) in [4.78, 5) is -0.462. The third-order valence-corrected chi connectivity index (χ3v) is 4.46. The minimum atomic E-state index is -2.35. The van der Waals surface area contributed by atoms with Crippen LogP contribution in [0.5, 0.6) is 11.5 Å². The monoisotopic (exact) mass is 408 g/mol. The van der Waals surface area contributed by atoms with Gasteiger partial charge in [-0.3, -0.25) is 4.21 Å². The van der Waals surface area contributed by atoms with Crippen LogP contribution in [-0.4, -0.2) is 25.5 Å². The Kier molecular flexibility index (Phi) is 5.87. The molecule has 2 aromatic rings. The fourth-order valence-electron chi connectivity index (χ4n) is 1.84. The van der Waals surface area contributed by atoms with Crippen LogP contribution in [0.4, 0.5) is 0 Å². The second-order valence-electron chi connectivity index (χ2n) is 4.38. The van der Waals surface area contributed by atoms with Gasteiger partial charge in [-0.2, -0.15) is 0 Å². The van der Waals surface area contributed by atoms with E-state index in [2.05, 4.69) is 20.7 Å². The van der Waals surface area contributed by atoms with Gasteiger partial charge in [-0.1, -0.05) is 27.5 Å². The first-order chi connectivity index (χ1) is 10.4. The van der Waals surface area contributed by atoms with Crippen molar-refractivity contribution in [2.24, 2.45) is 0 Å². The van der Waals surface area contributed by atoms with Gasteiger partial charge in [0, 0.05) is 28.4 Å². The van der Waals surface area contributed by atoms with Gasteiger partial charge < -0.3 is 19.2 Å². The van der Waals surface area contributed by atoms with Crippen LogP contribution >= 0.6 is 27.5 Å². The number of hydrogen-bond donors (Lipinski definition) is 3. The maximum absolute atomic E-state index is 10.4. The van der Waals surface area contributed by atoms with E-state index in [-0.39, 0.29) is 29.6 Å². The zero-order valence-corrected chi connectivity index (χ0v) is 14.2. The summed E-state index contributed by atoms with van der Waals surface area (Å²) in [5, 5.41) is 20.5. The van der Waals surface area contributed by atoms with Crippen LogP contribution in [0.3, 0.4) is 0 Å². The summed E-state index contributed by atoms with van der Waals surface area (Å²) in [6, 6.07) is 6.56.